The van der Waals surface area contributed by atoms with E-state index in [2.05, 4.69) is 25.2 Å². The third-order valence-electron chi connectivity index (χ3n) is 3.18. The number of hydrogen-bond donors (Lipinski definition) is 3. The Morgan fingerprint density at radius 1 is 1.47 bits per heavy atom. The van der Waals surface area contributed by atoms with E-state index in [0.717, 1.165) is 36.1 Å². The van der Waals surface area contributed by atoms with Crippen molar-refractivity contribution in [1.82, 2.24) is 15.0 Å². The van der Waals surface area contributed by atoms with Crippen LogP contribution in [0.1, 0.15) is 12.2 Å². The van der Waals surface area contributed by atoms with Gasteiger partial charge >= 0.3 is 0 Å². The molecule has 1 unspecified atom stereocenters. The maximum absolute atomic E-state index is 9.60. The summed E-state index contributed by atoms with van der Waals surface area (Å²) in [4.78, 5) is 13.9. The lowest BCUT2D eigenvalue weighted by atomic mass is 10.3. The van der Waals surface area contributed by atoms with Crippen LogP contribution in [0.2, 0.25) is 0 Å². The molecule has 2 aromatic rings. The van der Waals surface area contributed by atoms with Gasteiger partial charge in [0, 0.05) is 31.5 Å². The average molecular weight is 259 g/mol. The van der Waals surface area contributed by atoms with Gasteiger partial charge in [-0.2, -0.15) is 0 Å². The van der Waals surface area contributed by atoms with Crippen LogP contribution in [-0.4, -0.2) is 39.3 Å². The molecule has 0 amide bonds. The minimum Gasteiger partial charge on any atom is -0.391 e. The van der Waals surface area contributed by atoms with Crippen molar-refractivity contribution in [2.75, 3.05) is 23.3 Å². The molecule has 1 aliphatic heterocycles. The zero-order valence-corrected chi connectivity index (χ0v) is 10.8. The molecule has 100 valence electrons. The first kappa shape index (κ1) is 12.0. The van der Waals surface area contributed by atoms with Gasteiger partial charge in [0.05, 0.1) is 11.8 Å². The molecule has 6 heteroatoms. The van der Waals surface area contributed by atoms with Crippen LogP contribution in [-0.2, 0) is 0 Å². The molecule has 1 saturated heterocycles. The topological polar surface area (TPSA) is 77.1 Å². The highest BCUT2D eigenvalue weighted by atomic mass is 16.3. The fourth-order valence-electron chi connectivity index (χ4n) is 2.28. The molecule has 2 aromatic heterocycles. The van der Waals surface area contributed by atoms with Crippen molar-refractivity contribution >= 4 is 17.3 Å². The Balaban J connectivity index is 1.83. The normalized spacial score (nSPS) is 18.8. The van der Waals surface area contributed by atoms with Gasteiger partial charge in [0.2, 0.25) is 0 Å². The van der Waals surface area contributed by atoms with E-state index in [9.17, 15) is 5.11 Å². The van der Waals surface area contributed by atoms with Gasteiger partial charge in [-0.25, -0.2) is 9.97 Å². The first-order valence-corrected chi connectivity index (χ1v) is 6.39. The van der Waals surface area contributed by atoms with E-state index < -0.39 is 0 Å². The van der Waals surface area contributed by atoms with E-state index in [1.807, 2.05) is 31.5 Å². The van der Waals surface area contributed by atoms with Gasteiger partial charge in [-0.1, -0.05) is 0 Å². The third-order valence-corrected chi connectivity index (χ3v) is 3.18. The van der Waals surface area contributed by atoms with Crippen LogP contribution < -0.4 is 10.2 Å². The Hall–Kier alpha value is -2.08. The molecule has 1 atom stereocenters. The Bertz CT molecular complexity index is 554. The average Bonchev–Trinajstić information content (AvgIpc) is 3.00. The van der Waals surface area contributed by atoms with Crippen molar-refractivity contribution in [2.24, 2.45) is 0 Å². The first-order chi connectivity index (χ1) is 9.20. The standard InChI is InChI=1S/C13H17N5O/c1-9-15-12(17-10-2-4-14-7-10)6-13(16-9)18-5-3-11(19)8-18/h2,4,6-7,11,14,19H,3,5,8H2,1H3,(H,15,16,17). The molecule has 0 bridgehead atoms. The van der Waals surface area contributed by atoms with Gasteiger partial charge in [0.15, 0.2) is 0 Å². The predicted octanol–water partition coefficient (Wildman–Crippen LogP) is 1.43. The molecule has 0 aliphatic carbocycles. The molecule has 1 fully saturated rings. The van der Waals surface area contributed by atoms with Crippen LogP contribution in [0.3, 0.4) is 0 Å². The van der Waals surface area contributed by atoms with E-state index >= 15 is 0 Å². The molecular weight excluding hydrogens is 242 g/mol. The highest BCUT2D eigenvalue weighted by molar-refractivity contribution is 5.59. The number of aromatic amines is 1. The zero-order chi connectivity index (χ0) is 13.2. The molecule has 6 nitrogen and oxygen atoms in total. The van der Waals surface area contributed by atoms with Gasteiger partial charge in [-0.3, -0.25) is 0 Å². The molecule has 1 aliphatic rings. The smallest absolute Gasteiger partial charge is 0.136 e. The summed E-state index contributed by atoms with van der Waals surface area (Å²) in [6, 6.07) is 3.86. The third kappa shape index (κ3) is 2.68. The van der Waals surface area contributed by atoms with Gasteiger partial charge < -0.3 is 20.3 Å². The number of nitrogens with one attached hydrogen (secondary N) is 2. The van der Waals surface area contributed by atoms with E-state index in [1.165, 1.54) is 0 Å². The number of β-amino-alcohol motifs (C(OH)–C–C–N with tert-alkyl or cyclic N) is 1. The number of aliphatic hydroxyl groups excluding tert-OH is 1. The SMILES string of the molecule is Cc1nc(Nc2cc[nH]c2)cc(N2CCC(O)C2)n1. The number of aromatic nitrogens is 3. The largest absolute Gasteiger partial charge is 0.391 e. The van der Waals surface area contributed by atoms with Crippen molar-refractivity contribution in [2.45, 2.75) is 19.4 Å². The quantitative estimate of drug-likeness (QED) is 0.777. The number of aryl methyl sites for hydroxylation is 1. The first-order valence-electron chi connectivity index (χ1n) is 6.39. The summed E-state index contributed by atoms with van der Waals surface area (Å²) in [6.07, 6.45) is 4.27. The Morgan fingerprint density at radius 2 is 2.37 bits per heavy atom. The second-order valence-electron chi connectivity index (χ2n) is 4.77. The van der Waals surface area contributed by atoms with Crippen molar-refractivity contribution in [3.8, 4) is 0 Å². The number of rotatable bonds is 3. The zero-order valence-electron chi connectivity index (χ0n) is 10.8. The van der Waals surface area contributed by atoms with Gasteiger partial charge in [0.25, 0.3) is 0 Å². The number of aliphatic hydroxyl groups is 1. The lowest BCUT2D eigenvalue weighted by Gasteiger charge is -2.17. The summed E-state index contributed by atoms with van der Waals surface area (Å²) < 4.78 is 0. The summed E-state index contributed by atoms with van der Waals surface area (Å²) in [6.45, 7) is 3.35. The summed E-state index contributed by atoms with van der Waals surface area (Å²) in [5.74, 6) is 2.35. The number of H-pyrrole nitrogens is 1. The molecule has 3 N–H and O–H groups in total. The number of anilines is 3. The summed E-state index contributed by atoms with van der Waals surface area (Å²) in [5, 5.41) is 12.8. The molecule has 0 radical (unpaired) electrons. The maximum atomic E-state index is 9.60. The monoisotopic (exact) mass is 259 g/mol. The Kier molecular flexibility index (Phi) is 3.08. The lowest BCUT2D eigenvalue weighted by molar-refractivity contribution is 0.198. The fraction of sp³-hybridized carbons (Fsp3) is 0.385. The van der Waals surface area contributed by atoms with Crippen molar-refractivity contribution < 1.29 is 5.11 Å². The van der Waals surface area contributed by atoms with Crippen LogP contribution in [0.25, 0.3) is 0 Å². The molecule has 0 spiro atoms. The Morgan fingerprint density at radius 3 is 3.05 bits per heavy atom. The summed E-state index contributed by atoms with van der Waals surface area (Å²) >= 11 is 0. The molecule has 3 heterocycles. The second kappa shape index (κ2) is 4.89. The molecular formula is C13H17N5O. The number of nitrogens with zero attached hydrogens (tertiary/aromatic N) is 3. The van der Waals surface area contributed by atoms with Crippen LogP contribution in [0.5, 0.6) is 0 Å². The molecule has 0 saturated carbocycles. The molecule has 19 heavy (non-hydrogen) atoms. The van der Waals surface area contributed by atoms with Crippen LogP contribution >= 0.6 is 0 Å². The summed E-state index contributed by atoms with van der Waals surface area (Å²) in [5.41, 5.74) is 0.963. The second-order valence-corrected chi connectivity index (χ2v) is 4.77. The van der Waals surface area contributed by atoms with E-state index in [0.29, 0.717) is 6.54 Å². The highest BCUT2D eigenvalue weighted by Crippen LogP contribution is 2.22. The maximum Gasteiger partial charge on any atom is 0.136 e. The van der Waals surface area contributed by atoms with Crippen molar-refractivity contribution in [3.63, 3.8) is 0 Å². The van der Waals surface area contributed by atoms with Gasteiger partial charge in [0.1, 0.15) is 17.5 Å². The Labute approximate surface area is 111 Å². The van der Waals surface area contributed by atoms with E-state index in [1.54, 1.807) is 0 Å². The minimum absolute atomic E-state index is 0.253. The van der Waals surface area contributed by atoms with E-state index in [4.69, 9.17) is 0 Å². The molecule has 0 aromatic carbocycles. The highest BCUT2D eigenvalue weighted by Gasteiger charge is 2.22. The van der Waals surface area contributed by atoms with Crippen molar-refractivity contribution in [1.29, 1.82) is 0 Å². The molecule has 3 rings (SSSR count). The number of hydrogen-bond acceptors (Lipinski definition) is 5. The lowest BCUT2D eigenvalue weighted by Crippen LogP contribution is -2.22. The van der Waals surface area contributed by atoms with Gasteiger partial charge in [-0.15, -0.1) is 0 Å². The van der Waals surface area contributed by atoms with Crippen LogP contribution in [0.4, 0.5) is 17.3 Å². The van der Waals surface area contributed by atoms with E-state index in [-0.39, 0.29) is 6.10 Å². The van der Waals surface area contributed by atoms with Gasteiger partial charge in [-0.05, 0) is 19.4 Å². The summed E-state index contributed by atoms with van der Waals surface area (Å²) in [7, 11) is 0. The minimum atomic E-state index is -0.253. The van der Waals surface area contributed by atoms with Crippen LogP contribution in [0.15, 0.2) is 24.5 Å². The fourth-order valence-corrected chi connectivity index (χ4v) is 2.28. The predicted molar refractivity (Wildman–Crippen MR) is 73.7 cm³/mol. The van der Waals surface area contributed by atoms with Crippen LogP contribution in [0, 0.1) is 6.92 Å². The van der Waals surface area contributed by atoms with Crippen molar-refractivity contribution in [3.05, 3.63) is 30.4 Å².